The van der Waals surface area contributed by atoms with Crippen molar-refractivity contribution in [3.05, 3.63) is 75.2 Å². The molecule has 6 heteroatoms. The van der Waals surface area contributed by atoms with E-state index in [4.69, 9.17) is 4.74 Å². The Morgan fingerprint density at radius 3 is 2.43 bits per heavy atom. The van der Waals surface area contributed by atoms with Crippen LogP contribution in [0.15, 0.2) is 68.5 Å². The molecule has 0 aliphatic rings. The van der Waals surface area contributed by atoms with Gasteiger partial charge in [-0.05, 0) is 27.6 Å². The van der Waals surface area contributed by atoms with Crippen molar-refractivity contribution in [3.63, 3.8) is 0 Å². The van der Waals surface area contributed by atoms with Crippen LogP contribution in [0, 0.1) is 0 Å². The monoisotopic (exact) mass is 347 g/mol. The summed E-state index contributed by atoms with van der Waals surface area (Å²) in [5.41, 5.74) is 1.41. The van der Waals surface area contributed by atoms with E-state index in [0.29, 0.717) is 11.2 Å². The largest absolute Gasteiger partial charge is 0.489 e. The first kappa shape index (κ1) is 13.6. The van der Waals surface area contributed by atoms with Gasteiger partial charge in [-0.25, -0.2) is 4.79 Å². The third kappa shape index (κ3) is 3.05. The zero-order valence-corrected chi connectivity index (χ0v) is 12.5. The molecule has 0 saturated carbocycles. The average molecular weight is 348 g/mol. The van der Waals surface area contributed by atoms with Crippen molar-refractivity contribution in [2.75, 3.05) is 0 Å². The third-order valence-electron chi connectivity index (χ3n) is 2.94. The molecule has 0 aliphatic carbocycles. The van der Waals surface area contributed by atoms with Gasteiger partial charge >= 0.3 is 10.2 Å². The van der Waals surface area contributed by atoms with Gasteiger partial charge in [-0.15, -0.1) is 0 Å². The molecule has 21 heavy (non-hydrogen) atoms. The maximum absolute atomic E-state index is 11.2. The number of H-pyrrole nitrogens is 1. The van der Waals surface area contributed by atoms with Crippen molar-refractivity contribution in [1.29, 1.82) is 0 Å². The Balaban J connectivity index is 1.72. The topological polar surface area (TPSA) is 59.1 Å². The zero-order chi connectivity index (χ0) is 14.7. The highest BCUT2D eigenvalue weighted by molar-refractivity contribution is 9.10. The predicted octanol–water partition coefficient (Wildman–Crippen LogP) is 2.59. The molecule has 3 aromatic rings. The SMILES string of the molecule is O=c1o[nH][n+](-c2ccc(OCc3ccccc3)cc2)c1Br. The number of hydrogen-bond donors (Lipinski definition) is 1. The van der Waals surface area contributed by atoms with E-state index >= 15 is 0 Å². The minimum absolute atomic E-state index is 0.306. The van der Waals surface area contributed by atoms with E-state index in [1.54, 1.807) is 0 Å². The first-order valence-electron chi connectivity index (χ1n) is 6.30. The van der Waals surface area contributed by atoms with Gasteiger partial charge in [0.2, 0.25) is 5.69 Å². The molecular formula is C15H12BrN2O3+. The Labute approximate surface area is 128 Å². The summed E-state index contributed by atoms with van der Waals surface area (Å²) < 4.78 is 12.2. The van der Waals surface area contributed by atoms with Crippen LogP contribution >= 0.6 is 15.9 Å². The quantitative estimate of drug-likeness (QED) is 0.738. The highest BCUT2D eigenvalue weighted by Gasteiger charge is 2.19. The van der Waals surface area contributed by atoms with E-state index in [2.05, 4.69) is 25.7 Å². The second-order valence-electron chi connectivity index (χ2n) is 4.38. The Kier molecular flexibility index (Phi) is 3.87. The number of benzene rings is 2. The lowest BCUT2D eigenvalue weighted by Crippen LogP contribution is -2.34. The molecule has 0 unspecified atom stereocenters. The van der Waals surface area contributed by atoms with Crippen molar-refractivity contribution < 1.29 is 13.9 Å². The van der Waals surface area contributed by atoms with Crippen LogP contribution in [-0.2, 0) is 6.61 Å². The standard InChI is InChI=1S/C15H11BrN2O3/c16-14-15(19)21-17-18(14)12-6-8-13(9-7-12)20-10-11-4-2-1-3-5-11/h1-9H,10H2/p+1. The molecule has 1 N–H and O–H groups in total. The van der Waals surface area contributed by atoms with Gasteiger partial charge in [-0.1, -0.05) is 30.3 Å². The average Bonchev–Trinajstić information content (AvgIpc) is 2.87. The summed E-state index contributed by atoms with van der Waals surface area (Å²) in [6.07, 6.45) is 0. The van der Waals surface area contributed by atoms with E-state index in [9.17, 15) is 4.79 Å². The maximum Gasteiger partial charge on any atom is 0.442 e. The first-order valence-corrected chi connectivity index (χ1v) is 7.09. The summed E-state index contributed by atoms with van der Waals surface area (Å²) in [5.74, 6) is 0.755. The third-order valence-corrected chi connectivity index (χ3v) is 3.62. The van der Waals surface area contributed by atoms with Gasteiger partial charge in [0.1, 0.15) is 12.4 Å². The van der Waals surface area contributed by atoms with Gasteiger partial charge in [0.05, 0.1) is 0 Å². The van der Waals surface area contributed by atoms with Gasteiger partial charge in [-0.2, -0.15) is 0 Å². The molecule has 0 saturated heterocycles. The van der Waals surface area contributed by atoms with Crippen LogP contribution in [0.5, 0.6) is 5.75 Å². The van der Waals surface area contributed by atoms with Crippen LogP contribution in [0.2, 0.25) is 0 Å². The summed E-state index contributed by atoms with van der Waals surface area (Å²) in [4.78, 5) is 11.2. The van der Waals surface area contributed by atoms with E-state index in [0.717, 1.165) is 17.0 Å². The number of halogens is 1. The Morgan fingerprint density at radius 1 is 1.10 bits per heavy atom. The fourth-order valence-corrected chi connectivity index (χ4v) is 2.22. The zero-order valence-electron chi connectivity index (χ0n) is 11.0. The van der Waals surface area contributed by atoms with Gasteiger partial charge in [0, 0.05) is 28.1 Å². The molecule has 5 nitrogen and oxygen atoms in total. The van der Waals surface area contributed by atoms with Crippen LogP contribution < -0.4 is 15.0 Å². The minimum Gasteiger partial charge on any atom is -0.489 e. The molecule has 0 atom stereocenters. The number of ether oxygens (including phenoxy) is 1. The number of hydrogen-bond acceptors (Lipinski definition) is 3. The Bertz CT molecular complexity index is 779. The van der Waals surface area contributed by atoms with Crippen molar-refractivity contribution in [1.82, 2.24) is 5.27 Å². The van der Waals surface area contributed by atoms with Crippen molar-refractivity contribution in [2.24, 2.45) is 0 Å². The van der Waals surface area contributed by atoms with E-state index < -0.39 is 5.63 Å². The number of aromatic amines is 1. The second-order valence-corrected chi connectivity index (χ2v) is 5.13. The molecule has 0 bridgehead atoms. The molecule has 0 amide bonds. The van der Waals surface area contributed by atoms with Crippen LogP contribution in [0.1, 0.15) is 5.56 Å². The van der Waals surface area contributed by atoms with Crippen molar-refractivity contribution >= 4 is 15.9 Å². The molecule has 0 fully saturated rings. The number of aromatic nitrogens is 2. The normalized spacial score (nSPS) is 10.5. The van der Waals surface area contributed by atoms with Gasteiger partial charge in [0.15, 0.2) is 0 Å². The molecule has 2 aromatic carbocycles. The Morgan fingerprint density at radius 2 is 1.81 bits per heavy atom. The molecular weight excluding hydrogens is 336 g/mol. The predicted molar refractivity (Wildman–Crippen MR) is 79.3 cm³/mol. The fraction of sp³-hybridized carbons (Fsp3) is 0.0667. The van der Waals surface area contributed by atoms with Gasteiger partial charge in [-0.3, -0.25) is 4.52 Å². The first-order chi connectivity index (χ1) is 10.2. The van der Waals surface area contributed by atoms with Gasteiger partial charge < -0.3 is 4.74 Å². The molecule has 1 heterocycles. The summed E-state index contributed by atoms with van der Waals surface area (Å²) in [6.45, 7) is 0.513. The second kappa shape index (κ2) is 5.97. The van der Waals surface area contributed by atoms with E-state index in [1.165, 1.54) is 4.68 Å². The molecule has 1 aromatic heterocycles. The summed E-state index contributed by atoms with van der Waals surface area (Å²) >= 11 is 3.16. The van der Waals surface area contributed by atoms with E-state index in [-0.39, 0.29) is 0 Å². The van der Waals surface area contributed by atoms with E-state index in [1.807, 2.05) is 54.6 Å². The summed E-state index contributed by atoms with van der Waals surface area (Å²) in [5, 5.41) is 2.51. The molecule has 106 valence electrons. The fourth-order valence-electron chi connectivity index (χ4n) is 1.86. The lowest BCUT2D eigenvalue weighted by atomic mass is 10.2. The molecule has 0 aliphatic heterocycles. The van der Waals surface area contributed by atoms with Crippen molar-refractivity contribution in [3.8, 4) is 11.4 Å². The van der Waals surface area contributed by atoms with Crippen LogP contribution in [0.3, 0.4) is 0 Å². The summed E-state index contributed by atoms with van der Waals surface area (Å²) in [6, 6.07) is 17.3. The number of nitrogens with zero attached hydrogens (tertiary/aromatic N) is 1. The van der Waals surface area contributed by atoms with Gasteiger partial charge in [0.25, 0.3) is 0 Å². The van der Waals surface area contributed by atoms with Crippen LogP contribution in [0.25, 0.3) is 5.69 Å². The highest BCUT2D eigenvalue weighted by Crippen LogP contribution is 2.14. The molecule has 0 spiro atoms. The minimum atomic E-state index is -0.459. The Hall–Kier alpha value is -2.34. The smallest absolute Gasteiger partial charge is 0.442 e. The number of nitrogens with one attached hydrogen (secondary N) is 1. The number of rotatable bonds is 4. The van der Waals surface area contributed by atoms with Crippen LogP contribution in [0.4, 0.5) is 0 Å². The highest BCUT2D eigenvalue weighted by atomic mass is 79.9. The summed E-state index contributed by atoms with van der Waals surface area (Å²) in [7, 11) is 0. The maximum atomic E-state index is 11.2. The molecule has 3 rings (SSSR count). The molecule has 0 radical (unpaired) electrons. The lowest BCUT2D eigenvalue weighted by molar-refractivity contribution is -0.680. The van der Waals surface area contributed by atoms with Crippen LogP contribution in [-0.4, -0.2) is 5.27 Å². The van der Waals surface area contributed by atoms with Crippen molar-refractivity contribution in [2.45, 2.75) is 6.61 Å². The lowest BCUT2D eigenvalue weighted by Gasteiger charge is -2.05.